The minimum Gasteiger partial charge on any atom is -0.388 e. The van der Waals surface area contributed by atoms with Crippen LogP contribution in [0.2, 0.25) is 0 Å². The quantitative estimate of drug-likeness (QED) is 0.638. The van der Waals surface area contributed by atoms with Crippen LogP contribution in [0.25, 0.3) is 0 Å². The summed E-state index contributed by atoms with van der Waals surface area (Å²) in [6.07, 6.45) is 2.82. The summed E-state index contributed by atoms with van der Waals surface area (Å²) in [5.74, 6) is 0. The molecule has 0 aromatic rings. The van der Waals surface area contributed by atoms with Gasteiger partial charge in [0.25, 0.3) is 0 Å². The van der Waals surface area contributed by atoms with Crippen molar-refractivity contribution in [2.24, 2.45) is 0 Å². The molecule has 0 bridgehead atoms. The van der Waals surface area contributed by atoms with Crippen molar-refractivity contribution in [3.05, 3.63) is 0 Å². The highest BCUT2D eigenvalue weighted by Crippen LogP contribution is 2.21. The number of aldehydes is 1. The smallest absolute Gasteiger partial charge is 0.121 e. The molecule has 0 spiro atoms. The van der Waals surface area contributed by atoms with Crippen LogP contribution in [0.5, 0.6) is 0 Å². The zero-order chi connectivity index (χ0) is 10.4. The van der Waals surface area contributed by atoms with E-state index in [1.54, 1.807) is 0 Å². The first kappa shape index (κ1) is 11.6. The van der Waals surface area contributed by atoms with Crippen molar-refractivity contribution in [3.63, 3.8) is 0 Å². The standard InChI is InChI=1S/C10H19NO3/c1-11(5-2-6-12)9-10(13)3-7-14-8-4-10/h6,13H,2-5,7-9H2,1H3. The number of hydrogen-bond donors (Lipinski definition) is 1. The van der Waals surface area contributed by atoms with E-state index >= 15 is 0 Å². The maximum atomic E-state index is 10.2. The number of likely N-dealkylation sites (N-methyl/N-ethyl adjacent to an activating group) is 1. The molecule has 0 aromatic heterocycles. The van der Waals surface area contributed by atoms with E-state index in [1.807, 2.05) is 11.9 Å². The zero-order valence-corrected chi connectivity index (χ0v) is 8.74. The number of carbonyl (C=O) groups is 1. The Balaban J connectivity index is 2.29. The fourth-order valence-electron chi connectivity index (χ4n) is 1.76. The highest BCUT2D eigenvalue weighted by atomic mass is 16.5. The molecule has 1 fully saturated rings. The van der Waals surface area contributed by atoms with Gasteiger partial charge >= 0.3 is 0 Å². The molecule has 0 radical (unpaired) electrons. The van der Waals surface area contributed by atoms with Crippen molar-refractivity contribution >= 4 is 6.29 Å². The van der Waals surface area contributed by atoms with Crippen molar-refractivity contribution in [3.8, 4) is 0 Å². The lowest BCUT2D eigenvalue weighted by Crippen LogP contribution is -2.45. The van der Waals surface area contributed by atoms with Crippen LogP contribution >= 0.6 is 0 Å². The van der Waals surface area contributed by atoms with E-state index in [4.69, 9.17) is 4.74 Å². The first-order valence-corrected chi connectivity index (χ1v) is 5.09. The fraction of sp³-hybridized carbons (Fsp3) is 0.900. The van der Waals surface area contributed by atoms with E-state index in [-0.39, 0.29) is 0 Å². The number of nitrogens with zero attached hydrogens (tertiary/aromatic N) is 1. The molecule has 1 aliphatic heterocycles. The largest absolute Gasteiger partial charge is 0.388 e. The second kappa shape index (κ2) is 5.44. The summed E-state index contributed by atoms with van der Waals surface area (Å²) < 4.78 is 5.19. The maximum Gasteiger partial charge on any atom is 0.121 e. The average molecular weight is 201 g/mol. The molecule has 1 aliphatic rings. The summed E-state index contributed by atoms with van der Waals surface area (Å²) in [6.45, 7) is 2.62. The number of hydrogen-bond acceptors (Lipinski definition) is 4. The minimum absolute atomic E-state index is 0.531. The summed E-state index contributed by atoms with van der Waals surface area (Å²) in [7, 11) is 1.93. The first-order chi connectivity index (χ1) is 6.66. The monoisotopic (exact) mass is 201 g/mol. The van der Waals surface area contributed by atoms with Crippen LogP contribution in [0.1, 0.15) is 19.3 Å². The van der Waals surface area contributed by atoms with Gasteiger partial charge in [-0.1, -0.05) is 0 Å². The average Bonchev–Trinajstić information content (AvgIpc) is 2.15. The van der Waals surface area contributed by atoms with E-state index in [9.17, 15) is 9.90 Å². The number of rotatable bonds is 5. The maximum absolute atomic E-state index is 10.2. The van der Waals surface area contributed by atoms with Gasteiger partial charge in [0.15, 0.2) is 0 Å². The fourth-order valence-corrected chi connectivity index (χ4v) is 1.76. The molecule has 82 valence electrons. The van der Waals surface area contributed by atoms with Crippen LogP contribution in [0.3, 0.4) is 0 Å². The molecular weight excluding hydrogens is 182 g/mol. The predicted molar refractivity (Wildman–Crippen MR) is 53.2 cm³/mol. The molecule has 0 unspecified atom stereocenters. The lowest BCUT2D eigenvalue weighted by molar-refractivity contribution is -0.108. The Bertz CT molecular complexity index is 178. The van der Waals surface area contributed by atoms with Crippen molar-refractivity contribution in [2.75, 3.05) is 33.4 Å². The van der Waals surface area contributed by atoms with E-state index in [2.05, 4.69) is 0 Å². The number of aliphatic hydroxyl groups is 1. The SMILES string of the molecule is CN(CCC=O)CC1(O)CCOCC1. The zero-order valence-electron chi connectivity index (χ0n) is 8.74. The van der Waals surface area contributed by atoms with Crippen LogP contribution in [0, 0.1) is 0 Å². The van der Waals surface area contributed by atoms with Crippen LogP contribution in [0.4, 0.5) is 0 Å². The van der Waals surface area contributed by atoms with E-state index in [1.165, 1.54) is 0 Å². The highest BCUT2D eigenvalue weighted by Gasteiger charge is 2.30. The molecular formula is C10H19NO3. The van der Waals surface area contributed by atoms with Gasteiger partial charge in [0.05, 0.1) is 5.60 Å². The van der Waals surface area contributed by atoms with Crippen molar-refractivity contribution in [1.82, 2.24) is 4.90 Å². The molecule has 0 aliphatic carbocycles. The molecule has 0 amide bonds. The molecule has 1 saturated heterocycles. The van der Waals surface area contributed by atoms with Gasteiger partial charge in [-0.25, -0.2) is 0 Å². The number of carbonyl (C=O) groups excluding carboxylic acids is 1. The van der Waals surface area contributed by atoms with E-state index in [0.29, 0.717) is 45.6 Å². The van der Waals surface area contributed by atoms with Gasteiger partial charge in [-0.15, -0.1) is 0 Å². The lowest BCUT2D eigenvalue weighted by atomic mass is 9.94. The van der Waals surface area contributed by atoms with Gasteiger partial charge in [0.1, 0.15) is 6.29 Å². The summed E-state index contributed by atoms with van der Waals surface area (Å²) in [5, 5.41) is 10.1. The molecule has 1 heterocycles. The van der Waals surface area contributed by atoms with Crippen molar-refractivity contribution in [1.29, 1.82) is 0 Å². The molecule has 1 rings (SSSR count). The third-order valence-corrected chi connectivity index (χ3v) is 2.62. The van der Waals surface area contributed by atoms with Gasteiger partial charge in [0.2, 0.25) is 0 Å². The predicted octanol–water partition coefficient (Wildman–Crippen LogP) is 0.0487. The van der Waals surface area contributed by atoms with Crippen LogP contribution in [0.15, 0.2) is 0 Å². The van der Waals surface area contributed by atoms with Crippen molar-refractivity contribution in [2.45, 2.75) is 24.9 Å². The molecule has 0 aromatic carbocycles. The third kappa shape index (κ3) is 3.74. The Morgan fingerprint density at radius 1 is 1.50 bits per heavy atom. The lowest BCUT2D eigenvalue weighted by Gasteiger charge is -2.35. The Morgan fingerprint density at radius 3 is 2.71 bits per heavy atom. The molecule has 0 atom stereocenters. The Hall–Kier alpha value is -0.450. The summed E-state index contributed by atoms with van der Waals surface area (Å²) >= 11 is 0. The van der Waals surface area contributed by atoms with Crippen LogP contribution < -0.4 is 0 Å². The van der Waals surface area contributed by atoms with E-state index < -0.39 is 5.60 Å². The Morgan fingerprint density at radius 2 is 2.14 bits per heavy atom. The normalized spacial score (nSPS) is 21.1. The Kier molecular flexibility index (Phi) is 4.51. The summed E-state index contributed by atoms with van der Waals surface area (Å²) in [6, 6.07) is 0. The highest BCUT2D eigenvalue weighted by molar-refractivity contribution is 5.49. The topological polar surface area (TPSA) is 49.8 Å². The van der Waals surface area contributed by atoms with Crippen molar-refractivity contribution < 1.29 is 14.6 Å². The Labute approximate surface area is 84.8 Å². The van der Waals surface area contributed by atoms with E-state index in [0.717, 1.165) is 6.29 Å². The second-order valence-corrected chi connectivity index (χ2v) is 4.03. The van der Waals surface area contributed by atoms with Gasteiger partial charge in [-0.2, -0.15) is 0 Å². The number of ether oxygens (including phenoxy) is 1. The van der Waals surface area contributed by atoms with Gasteiger partial charge < -0.3 is 19.5 Å². The molecule has 4 heteroatoms. The summed E-state index contributed by atoms with van der Waals surface area (Å²) in [5.41, 5.74) is -0.615. The second-order valence-electron chi connectivity index (χ2n) is 4.03. The van der Waals surface area contributed by atoms with Crippen LogP contribution in [-0.2, 0) is 9.53 Å². The van der Waals surface area contributed by atoms with Crippen LogP contribution in [-0.4, -0.2) is 55.2 Å². The third-order valence-electron chi connectivity index (χ3n) is 2.62. The van der Waals surface area contributed by atoms with Gasteiger partial charge in [0, 0.05) is 45.6 Å². The first-order valence-electron chi connectivity index (χ1n) is 5.09. The molecule has 1 N–H and O–H groups in total. The van der Waals surface area contributed by atoms with Gasteiger partial charge in [-0.3, -0.25) is 0 Å². The molecule has 14 heavy (non-hydrogen) atoms. The minimum atomic E-state index is -0.615. The molecule has 4 nitrogen and oxygen atoms in total. The van der Waals surface area contributed by atoms with Gasteiger partial charge in [-0.05, 0) is 7.05 Å². The summed E-state index contributed by atoms with van der Waals surface area (Å²) in [4.78, 5) is 12.2. The molecule has 0 saturated carbocycles.